The van der Waals surface area contributed by atoms with Crippen molar-refractivity contribution in [2.24, 2.45) is 18.9 Å². The van der Waals surface area contributed by atoms with Crippen molar-refractivity contribution in [2.75, 3.05) is 0 Å². The maximum absolute atomic E-state index is 13.9. The Morgan fingerprint density at radius 2 is 1.88 bits per heavy atom. The van der Waals surface area contributed by atoms with Crippen LogP contribution in [0.2, 0.25) is 0 Å². The van der Waals surface area contributed by atoms with Gasteiger partial charge in [0.15, 0.2) is 5.69 Å². The van der Waals surface area contributed by atoms with Crippen LogP contribution in [0.15, 0.2) is 0 Å². The number of fused-ring (bicyclic) bond motifs is 3. The fourth-order valence-electron chi connectivity index (χ4n) is 3.08. The largest absolute Gasteiger partial charge is 0.435 e. The predicted molar refractivity (Wildman–Crippen MR) is 47.5 cm³/mol. The Morgan fingerprint density at radius 3 is 2.41 bits per heavy atom. The van der Waals surface area contributed by atoms with Crippen LogP contribution >= 0.6 is 0 Å². The Kier molecular flexibility index (Phi) is 1.71. The SMILES string of the molecule is C[C@@H]1[C@H]2c3c(C(F)(F)F)nn(C)c3C(F)(F)[C@@H]12. The summed E-state index contributed by atoms with van der Waals surface area (Å²) in [5.74, 6) is -5.26. The van der Waals surface area contributed by atoms with E-state index in [4.69, 9.17) is 0 Å². The molecule has 0 N–H and O–H groups in total. The van der Waals surface area contributed by atoms with Crippen molar-refractivity contribution in [3.05, 3.63) is 17.0 Å². The smallest absolute Gasteiger partial charge is 0.266 e. The summed E-state index contributed by atoms with van der Waals surface area (Å²) < 4.78 is 66.5. The molecule has 0 saturated heterocycles. The maximum Gasteiger partial charge on any atom is 0.435 e. The number of alkyl halides is 5. The molecule has 1 saturated carbocycles. The van der Waals surface area contributed by atoms with Gasteiger partial charge in [0.25, 0.3) is 5.92 Å². The van der Waals surface area contributed by atoms with E-state index >= 15 is 0 Å². The van der Waals surface area contributed by atoms with Crippen LogP contribution in [0.25, 0.3) is 0 Å². The zero-order valence-electron chi connectivity index (χ0n) is 9.02. The number of halogens is 5. The van der Waals surface area contributed by atoms with Crippen molar-refractivity contribution in [2.45, 2.75) is 24.9 Å². The third kappa shape index (κ3) is 1.12. The monoisotopic (exact) mass is 252 g/mol. The topological polar surface area (TPSA) is 17.8 Å². The van der Waals surface area contributed by atoms with Gasteiger partial charge in [-0.05, 0) is 5.92 Å². The van der Waals surface area contributed by atoms with Crippen LogP contribution in [0.4, 0.5) is 22.0 Å². The standard InChI is InChI=1S/C10H9F5N2/c1-3-4-5-7(10(13,14)15)16-17(2)8(5)9(11,12)6(3)4/h3-4,6H,1-2H3/t3-,4+,6+/m1/s1. The Morgan fingerprint density at radius 1 is 1.29 bits per heavy atom. The number of hydrogen-bond donors (Lipinski definition) is 0. The van der Waals surface area contributed by atoms with Gasteiger partial charge in [-0.25, -0.2) is 0 Å². The summed E-state index contributed by atoms with van der Waals surface area (Å²) in [6, 6.07) is 0. The minimum Gasteiger partial charge on any atom is -0.266 e. The normalized spacial score (nSPS) is 33.5. The molecule has 2 aliphatic rings. The van der Waals surface area contributed by atoms with Crippen LogP contribution in [0, 0.1) is 11.8 Å². The third-order valence-electron chi connectivity index (χ3n) is 3.80. The molecule has 0 amide bonds. The van der Waals surface area contributed by atoms with Gasteiger partial charge >= 0.3 is 6.18 Å². The Balaban J connectivity index is 2.25. The molecule has 3 atom stereocenters. The van der Waals surface area contributed by atoms with Gasteiger partial charge < -0.3 is 0 Å². The lowest BCUT2D eigenvalue weighted by Crippen LogP contribution is -2.19. The van der Waals surface area contributed by atoms with Crippen LogP contribution in [-0.2, 0) is 19.1 Å². The van der Waals surface area contributed by atoms with E-state index in [2.05, 4.69) is 5.10 Å². The molecule has 0 spiro atoms. The van der Waals surface area contributed by atoms with E-state index in [0.717, 1.165) is 7.05 Å². The fraction of sp³-hybridized carbons (Fsp3) is 0.700. The summed E-state index contributed by atoms with van der Waals surface area (Å²) >= 11 is 0. The highest BCUT2D eigenvalue weighted by molar-refractivity contribution is 5.48. The molecule has 0 aromatic carbocycles. The summed E-state index contributed by atoms with van der Waals surface area (Å²) in [6.45, 7) is 1.55. The van der Waals surface area contributed by atoms with Crippen LogP contribution in [0.3, 0.4) is 0 Å². The second-order valence-corrected chi connectivity index (χ2v) is 4.77. The van der Waals surface area contributed by atoms with E-state index < -0.39 is 41.2 Å². The molecule has 1 aromatic heterocycles. The molecule has 7 heteroatoms. The van der Waals surface area contributed by atoms with Crippen molar-refractivity contribution in [1.82, 2.24) is 9.78 Å². The van der Waals surface area contributed by atoms with E-state index in [1.165, 1.54) is 0 Å². The lowest BCUT2D eigenvalue weighted by molar-refractivity contribution is -0.142. The second kappa shape index (κ2) is 2.64. The van der Waals surface area contributed by atoms with Gasteiger partial charge in [0.2, 0.25) is 0 Å². The van der Waals surface area contributed by atoms with Gasteiger partial charge in [-0.2, -0.15) is 27.1 Å². The highest BCUT2D eigenvalue weighted by atomic mass is 19.4. The lowest BCUT2D eigenvalue weighted by Gasteiger charge is -2.14. The summed E-state index contributed by atoms with van der Waals surface area (Å²) in [5, 5.41) is 3.22. The molecule has 17 heavy (non-hydrogen) atoms. The molecule has 2 nitrogen and oxygen atoms in total. The highest BCUT2D eigenvalue weighted by Gasteiger charge is 2.72. The Bertz CT molecular complexity index is 502. The van der Waals surface area contributed by atoms with Crippen molar-refractivity contribution in [1.29, 1.82) is 0 Å². The van der Waals surface area contributed by atoms with Gasteiger partial charge in [0.05, 0.1) is 0 Å². The van der Waals surface area contributed by atoms with E-state index in [9.17, 15) is 22.0 Å². The molecular weight excluding hydrogens is 243 g/mol. The van der Waals surface area contributed by atoms with E-state index in [0.29, 0.717) is 4.68 Å². The van der Waals surface area contributed by atoms with Crippen molar-refractivity contribution in [3.63, 3.8) is 0 Å². The number of rotatable bonds is 0. The van der Waals surface area contributed by atoms with Gasteiger partial charge in [-0.3, -0.25) is 4.68 Å². The summed E-state index contributed by atoms with van der Waals surface area (Å²) in [4.78, 5) is 0. The molecule has 0 bridgehead atoms. The third-order valence-corrected chi connectivity index (χ3v) is 3.80. The van der Waals surface area contributed by atoms with Crippen LogP contribution in [0.5, 0.6) is 0 Å². The average molecular weight is 252 g/mol. The van der Waals surface area contributed by atoms with Crippen molar-refractivity contribution in [3.8, 4) is 0 Å². The molecule has 0 unspecified atom stereocenters. The molecule has 1 fully saturated rings. The lowest BCUT2D eigenvalue weighted by atomic mass is 10.1. The minimum atomic E-state index is -4.67. The number of nitrogens with zero attached hydrogens (tertiary/aromatic N) is 2. The molecule has 2 aliphatic carbocycles. The first-order valence-electron chi connectivity index (χ1n) is 5.19. The number of aryl methyl sites for hydroxylation is 1. The Labute approximate surface area is 93.4 Å². The van der Waals surface area contributed by atoms with E-state index in [1.54, 1.807) is 6.92 Å². The summed E-state index contributed by atoms with van der Waals surface area (Å²) in [6.07, 6.45) is -4.67. The zero-order chi connectivity index (χ0) is 12.7. The van der Waals surface area contributed by atoms with Gasteiger partial charge in [-0.1, -0.05) is 6.92 Å². The molecular formula is C10H9F5N2. The van der Waals surface area contributed by atoms with Crippen molar-refractivity contribution < 1.29 is 22.0 Å². The average Bonchev–Trinajstić information content (AvgIpc) is 2.57. The molecule has 0 aliphatic heterocycles. The maximum atomic E-state index is 13.9. The second-order valence-electron chi connectivity index (χ2n) is 4.77. The first kappa shape index (κ1) is 11.0. The molecule has 3 rings (SSSR count). The summed E-state index contributed by atoms with van der Waals surface area (Å²) in [5.41, 5.74) is -1.99. The van der Waals surface area contributed by atoms with E-state index in [1.807, 2.05) is 0 Å². The molecule has 94 valence electrons. The van der Waals surface area contributed by atoms with Crippen molar-refractivity contribution >= 4 is 0 Å². The Hall–Kier alpha value is -1.14. The minimum absolute atomic E-state index is 0.289. The summed E-state index contributed by atoms with van der Waals surface area (Å²) in [7, 11) is 1.14. The first-order chi connectivity index (χ1) is 7.67. The number of aromatic nitrogens is 2. The number of hydrogen-bond acceptors (Lipinski definition) is 1. The molecule has 0 radical (unpaired) electrons. The highest BCUT2D eigenvalue weighted by Crippen LogP contribution is 2.71. The van der Waals surface area contributed by atoms with Gasteiger partial charge in [0, 0.05) is 24.4 Å². The molecule has 1 heterocycles. The quantitative estimate of drug-likeness (QED) is 0.649. The predicted octanol–water partition coefficient (Wildman–Crippen LogP) is 2.89. The fourth-order valence-corrected chi connectivity index (χ4v) is 3.08. The van der Waals surface area contributed by atoms with Crippen LogP contribution in [0.1, 0.15) is 29.8 Å². The van der Waals surface area contributed by atoms with Crippen LogP contribution < -0.4 is 0 Å². The van der Waals surface area contributed by atoms with Gasteiger partial charge in [0.1, 0.15) is 5.69 Å². The van der Waals surface area contributed by atoms with Crippen LogP contribution in [-0.4, -0.2) is 9.78 Å². The molecule has 1 aromatic rings. The van der Waals surface area contributed by atoms with E-state index in [-0.39, 0.29) is 5.56 Å². The first-order valence-corrected chi connectivity index (χ1v) is 5.19. The van der Waals surface area contributed by atoms with Gasteiger partial charge in [-0.15, -0.1) is 0 Å². The zero-order valence-corrected chi connectivity index (χ0v) is 9.02.